The highest BCUT2D eigenvalue weighted by molar-refractivity contribution is 9.10. The molecule has 1 aliphatic carbocycles. The average Bonchev–Trinajstić information content (AvgIpc) is 2.39. The number of hydrogen-bond donors (Lipinski definition) is 2. The van der Waals surface area contributed by atoms with Gasteiger partial charge >= 0.3 is 5.97 Å². The zero-order valence-corrected chi connectivity index (χ0v) is 12.7. The zero-order valence-electron chi connectivity index (χ0n) is 11.1. The number of aliphatic carboxylic acids is 1. The van der Waals surface area contributed by atoms with Crippen LogP contribution in [0.15, 0.2) is 28.7 Å². The van der Waals surface area contributed by atoms with Gasteiger partial charge in [0.05, 0.1) is 0 Å². The van der Waals surface area contributed by atoms with Crippen LogP contribution in [0.1, 0.15) is 32.6 Å². The summed E-state index contributed by atoms with van der Waals surface area (Å²) in [6.07, 6.45) is 4.25. The van der Waals surface area contributed by atoms with Crippen molar-refractivity contribution in [3.05, 3.63) is 28.7 Å². The average molecular weight is 326 g/mol. The first-order valence-electron chi connectivity index (χ1n) is 6.82. The molecule has 4 heteroatoms. The molecule has 0 spiro atoms. The van der Waals surface area contributed by atoms with Crippen molar-refractivity contribution >= 4 is 27.6 Å². The number of nitrogens with one attached hydrogen (secondary N) is 1. The fraction of sp³-hybridized carbons (Fsp3) is 0.533. The first kappa shape index (κ1) is 14.4. The molecule has 104 valence electrons. The zero-order chi connectivity index (χ0) is 13.8. The van der Waals surface area contributed by atoms with Crippen LogP contribution in [0.5, 0.6) is 0 Å². The Bertz CT molecular complexity index is 442. The molecule has 1 aliphatic rings. The molecule has 3 nitrogen and oxygen atoms in total. The molecule has 1 unspecified atom stereocenters. The third-order valence-corrected chi connectivity index (χ3v) is 4.67. The first-order valence-corrected chi connectivity index (χ1v) is 7.61. The van der Waals surface area contributed by atoms with E-state index >= 15 is 0 Å². The molecule has 1 atom stereocenters. The summed E-state index contributed by atoms with van der Waals surface area (Å²) in [6, 6.07) is 7.17. The molecule has 0 bridgehead atoms. The van der Waals surface area contributed by atoms with Crippen LogP contribution in [0.2, 0.25) is 0 Å². The molecule has 0 amide bonds. The normalized spacial score (nSPS) is 24.7. The molecular formula is C15H20BrNO2. The number of para-hydroxylation sites is 1. The number of carboxylic acid groups (broad SMARTS) is 1. The third-order valence-electron chi connectivity index (χ3n) is 3.98. The van der Waals surface area contributed by atoms with Crippen molar-refractivity contribution in [2.24, 2.45) is 11.8 Å². The van der Waals surface area contributed by atoms with E-state index in [9.17, 15) is 9.90 Å². The Hall–Kier alpha value is -1.03. The van der Waals surface area contributed by atoms with Gasteiger partial charge in [-0.3, -0.25) is 0 Å². The number of carbonyl (C=O) groups is 1. The summed E-state index contributed by atoms with van der Waals surface area (Å²) < 4.78 is 0.908. The standard InChI is InChI=1S/C15H20BrNO2/c1-10-6-8-11(9-7-10)14(15(18)19)17-13-5-3-2-4-12(13)16/h2-5,10-11,14,17H,6-9H2,1H3,(H,18,19). The summed E-state index contributed by atoms with van der Waals surface area (Å²) in [5, 5.41) is 12.7. The molecule has 1 aromatic rings. The Morgan fingerprint density at radius 2 is 1.95 bits per heavy atom. The predicted molar refractivity (Wildman–Crippen MR) is 80.3 cm³/mol. The van der Waals surface area contributed by atoms with Gasteiger partial charge in [-0.2, -0.15) is 0 Å². The number of anilines is 1. The van der Waals surface area contributed by atoms with Gasteiger partial charge in [-0.05, 0) is 52.7 Å². The van der Waals surface area contributed by atoms with Crippen molar-refractivity contribution in [3.63, 3.8) is 0 Å². The van der Waals surface area contributed by atoms with Gasteiger partial charge in [0.15, 0.2) is 0 Å². The molecule has 0 radical (unpaired) electrons. The second kappa shape index (κ2) is 6.42. The van der Waals surface area contributed by atoms with E-state index in [1.807, 2.05) is 24.3 Å². The molecule has 0 saturated heterocycles. The SMILES string of the molecule is CC1CCC(C(Nc2ccccc2Br)C(=O)O)CC1. The van der Waals surface area contributed by atoms with E-state index in [1.165, 1.54) is 0 Å². The Morgan fingerprint density at radius 3 is 2.53 bits per heavy atom. The van der Waals surface area contributed by atoms with E-state index in [0.717, 1.165) is 41.8 Å². The topological polar surface area (TPSA) is 49.3 Å². The summed E-state index contributed by atoms with van der Waals surface area (Å²) in [5.41, 5.74) is 0.855. The van der Waals surface area contributed by atoms with Gasteiger partial charge in [-0.15, -0.1) is 0 Å². The van der Waals surface area contributed by atoms with Crippen LogP contribution < -0.4 is 5.32 Å². The van der Waals surface area contributed by atoms with Crippen LogP contribution in [0.3, 0.4) is 0 Å². The fourth-order valence-electron chi connectivity index (χ4n) is 2.75. The molecule has 2 rings (SSSR count). The Labute approximate surface area is 122 Å². The monoisotopic (exact) mass is 325 g/mol. The van der Waals surface area contributed by atoms with E-state index in [2.05, 4.69) is 28.2 Å². The number of benzene rings is 1. The van der Waals surface area contributed by atoms with Crippen LogP contribution >= 0.6 is 15.9 Å². The van der Waals surface area contributed by atoms with Crippen molar-refractivity contribution in [1.29, 1.82) is 0 Å². The highest BCUT2D eigenvalue weighted by Crippen LogP contribution is 2.33. The second-order valence-electron chi connectivity index (χ2n) is 5.46. The maximum Gasteiger partial charge on any atom is 0.326 e. The van der Waals surface area contributed by atoms with Gasteiger partial charge in [0.25, 0.3) is 0 Å². The minimum Gasteiger partial charge on any atom is -0.480 e. The van der Waals surface area contributed by atoms with Crippen LogP contribution in [-0.4, -0.2) is 17.1 Å². The van der Waals surface area contributed by atoms with Crippen molar-refractivity contribution in [1.82, 2.24) is 0 Å². The third kappa shape index (κ3) is 3.72. The minimum absolute atomic E-state index is 0.223. The molecule has 19 heavy (non-hydrogen) atoms. The van der Waals surface area contributed by atoms with Crippen molar-refractivity contribution < 1.29 is 9.90 Å². The van der Waals surface area contributed by atoms with Crippen LogP contribution in [-0.2, 0) is 4.79 Å². The summed E-state index contributed by atoms with van der Waals surface area (Å²) >= 11 is 3.45. The first-order chi connectivity index (χ1) is 9.08. The van der Waals surface area contributed by atoms with Crippen LogP contribution in [0.25, 0.3) is 0 Å². The van der Waals surface area contributed by atoms with Gasteiger partial charge < -0.3 is 10.4 Å². The lowest BCUT2D eigenvalue weighted by Gasteiger charge is -2.31. The molecule has 0 aliphatic heterocycles. The largest absolute Gasteiger partial charge is 0.480 e. The van der Waals surface area contributed by atoms with E-state index in [1.54, 1.807) is 0 Å². The number of carboxylic acids is 1. The van der Waals surface area contributed by atoms with Gasteiger partial charge in [0.1, 0.15) is 6.04 Å². The summed E-state index contributed by atoms with van der Waals surface area (Å²) in [6.45, 7) is 2.24. The Kier molecular flexibility index (Phi) is 4.86. The maximum absolute atomic E-state index is 11.5. The van der Waals surface area contributed by atoms with Gasteiger partial charge in [0, 0.05) is 10.2 Å². The summed E-state index contributed by atoms with van der Waals surface area (Å²) in [4.78, 5) is 11.5. The van der Waals surface area contributed by atoms with Crippen molar-refractivity contribution in [3.8, 4) is 0 Å². The van der Waals surface area contributed by atoms with Gasteiger partial charge in [-0.1, -0.05) is 31.9 Å². The molecular weight excluding hydrogens is 306 g/mol. The molecule has 0 heterocycles. The quantitative estimate of drug-likeness (QED) is 0.874. The molecule has 1 saturated carbocycles. The molecule has 1 fully saturated rings. The fourth-order valence-corrected chi connectivity index (χ4v) is 3.15. The number of rotatable bonds is 4. The van der Waals surface area contributed by atoms with E-state index in [4.69, 9.17) is 0 Å². The summed E-state index contributed by atoms with van der Waals surface area (Å²) in [7, 11) is 0. The smallest absolute Gasteiger partial charge is 0.326 e. The lowest BCUT2D eigenvalue weighted by atomic mass is 9.79. The minimum atomic E-state index is -0.754. The lowest BCUT2D eigenvalue weighted by molar-refractivity contribution is -0.139. The Balaban J connectivity index is 2.09. The van der Waals surface area contributed by atoms with Gasteiger partial charge in [-0.25, -0.2) is 4.79 Å². The predicted octanol–water partition coefficient (Wildman–Crippen LogP) is 4.14. The van der Waals surface area contributed by atoms with Gasteiger partial charge in [0.2, 0.25) is 0 Å². The maximum atomic E-state index is 11.5. The highest BCUT2D eigenvalue weighted by atomic mass is 79.9. The number of hydrogen-bond acceptors (Lipinski definition) is 2. The lowest BCUT2D eigenvalue weighted by Crippen LogP contribution is -2.38. The van der Waals surface area contributed by atoms with Crippen molar-refractivity contribution in [2.45, 2.75) is 38.6 Å². The van der Waals surface area contributed by atoms with Crippen LogP contribution in [0, 0.1) is 11.8 Å². The van der Waals surface area contributed by atoms with E-state index in [-0.39, 0.29) is 5.92 Å². The Morgan fingerprint density at radius 1 is 1.32 bits per heavy atom. The summed E-state index contributed by atoms with van der Waals surface area (Å²) in [5.74, 6) is 0.199. The molecule has 0 aromatic heterocycles. The highest BCUT2D eigenvalue weighted by Gasteiger charge is 2.31. The molecule has 2 N–H and O–H groups in total. The van der Waals surface area contributed by atoms with E-state index in [0.29, 0.717) is 0 Å². The van der Waals surface area contributed by atoms with Crippen LogP contribution in [0.4, 0.5) is 5.69 Å². The number of halogens is 1. The van der Waals surface area contributed by atoms with Crippen molar-refractivity contribution in [2.75, 3.05) is 5.32 Å². The molecule has 1 aromatic carbocycles. The second-order valence-corrected chi connectivity index (χ2v) is 6.31. The van der Waals surface area contributed by atoms with E-state index < -0.39 is 12.0 Å².